The first kappa shape index (κ1) is 16.3. The molecular formula is C9H19IMgNSi+. The molecule has 1 rings (SSSR count). The summed E-state index contributed by atoms with van der Waals surface area (Å²) < 4.78 is 2.27. The van der Waals surface area contributed by atoms with Crippen molar-refractivity contribution in [2.75, 3.05) is 0 Å². The Bertz CT molecular complexity index is 223. The normalized spacial score (nSPS) is 9.77. The summed E-state index contributed by atoms with van der Waals surface area (Å²) in [7, 11) is -0.935. The highest BCUT2D eigenvalue weighted by Gasteiger charge is 2.18. The van der Waals surface area contributed by atoms with Gasteiger partial charge in [0, 0.05) is 12.1 Å². The molecule has 72 valence electrons. The Morgan fingerprint density at radius 1 is 1.00 bits per heavy atom. The van der Waals surface area contributed by atoms with E-state index in [4.69, 9.17) is 0 Å². The third kappa shape index (κ3) is 7.90. The largest absolute Gasteiger partial charge is 0.316 e. The third-order valence-corrected chi connectivity index (χ3v) is 2.75. The second kappa shape index (κ2) is 7.19. The van der Waals surface area contributed by atoms with Gasteiger partial charge in [0.15, 0.2) is 12.4 Å². The van der Waals surface area contributed by atoms with Crippen LogP contribution in [0.15, 0.2) is 30.6 Å². The number of hydrogen-bond acceptors (Lipinski definition) is 0. The van der Waals surface area contributed by atoms with E-state index in [0.29, 0.717) is 0 Å². The maximum atomic E-state index is 2.38. The minimum Gasteiger partial charge on any atom is -0.209 e. The van der Waals surface area contributed by atoms with E-state index in [-0.39, 0.29) is 47.0 Å². The Balaban J connectivity index is 0. The van der Waals surface area contributed by atoms with Crippen LogP contribution in [0, 0.1) is 0 Å². The van der Waals surface area contributed by atoms with Crippen LogP contribution in [0.25, 0.3) is 0 Å². The molecule has 0 saturated carbocycles. The standard InChI is InChI=1S/C9H16NSi.HI.Mg.2H/c1-11(2,3)9-10-7-5-4-6-8-10;;;;/h4-8H,9H2,1-3H3;1H;;;/q+1;;;;. The average molecular weight is 321 g/mol. The highest BCUT2D eigenvalue weighted by molar-refractivity contribution is 14.0. The van der Waals surface area contributed by atoms with Crippen molar-refractivity contribution in [3.05, 3.63) is 30.6 Å². The Morgan fingerprint density at radius 2 is 1.46 bits per heavy atom. The summed E-state index contributed by atoms with van der Waals surface area (Å²) in [4.78, 5) is 0. The van der Waals surface area contributed by atoms with Crippen LogP contribution in [0.2, 0.25) is 19.6 Å². The Labute approximate surface area is 115 Å². The SMILES string of the molecule is C[Si](C)(C)C[n+]1ccccc1.I.[MgH2]. The van der Waals surface area contributed by atoms with E-state index in [1.807, 2.05) is 0 Å². The molecule has 0 aliphatic heterocycles. The van der Waals surface area contributed by atoms with E-state index in [9.17, 15) is 0 Å². The van der Waals surface area contributed by atoms with Gasteiger partial charge < -0.3 is 0 Å². The molecule has 0 N–H and O–H groups in total. The maximum absolute atomic E-state index is 2.38. The molecular weight excluding hydrogens is 301 g/mol. The van der Waals surface area contributed by atoms with E-state index in [1.54, 1.807) is 0 Å². The van der Waals surface area contributed by atoms with Gasteiger partial charge in [-0.25, -0.2) is 4.57 Å². The van der Waals surface area contributed by atoms with Crippen molar-refractivity contribution in [2.24, 2.45) is 0 Å². The van der Waals surface area contributed by atoms with Crippen LogP contribution in [0.3, 0.4) is 0 Å². The van der Waals surface area contributed by atoms with E-state index >= 15 is 0 Å². The van der Waals surface area contributed by atoms with Crippen LogP contribution < -0.4 is 4.57 Å². The number of aromatic nitrogens is 1. The molecule has 4 heteroatoms. The topological polar surface area (TPSA) is 3.88 Å². The molecule has 1 aromatic rings. The van der Waals surface area contributed by atoms with Gasteiger partial charge in [0.25, 0.3) is 0 Å². The fourth-order valence-electron chi connectivity index (χ4n) is 1.09. The van der Waals surface area contributed by atoms with E-state index in [0.717, 1.165) is 0 Å². The molecule has 0 radical (unpaired) electrons. The molecule has 0 aliphatic carbocycles. The zero-order valence-electron chi connectivity index (χ0n) is 7.95. The van der Waals surface area contributed by atoms with Crippen LogP contribution in [0.1, 0.15) is 0 Å². The van der Waals surface area contributed by atoms with Crippen molar-refractivity contribution >= 4 is 55.1 Å². The van der Waals surface area contributed by atoms with E-state index in [1.165, 1.54) is 6.17 Å². The Morgan fingerprint density at radius 3 is 1.85 bits per heavy atom. The second-order valence-electron chi connectivity index (χ2n) is 4.11. The minimum absolute atomic E-state index is 0. The number of pyridine rings is 1. The van der Waals surface area contributed by atoms with Gasteiger partial charge >= 0.3 is 23.1 Å². The van der Waals surface area contributed by atoms with Gasteiger partial charge in [0.2, 0.25) is 0 Å². The highest BCUT2D eigenvalue weighted by atomic mass is 127. The minimum atomic E-state index is -0.935. The van der Waals surface area contributed by atoms with Gasteiger partial charge in [-0.2, -0.15) is 0 Å². The number of hydrogen-bond donors (Lipinski definition) is 0. The van der Waals surface area contributed by atoms with Gasteiger partial charge in [-0.15, -0.1) is 24.0 Å². The van der Waals surface area contributed by atoms with E-state index in [2.05, 4.69) is 54.8 Å². The molecule has 0 unspecified atom stereocenters. The van der Waals surface area contributed by atoms with Crippen molar-refractivity contribution in [1.29, 1.82) is 0 Å². The number of rotatable bonds is 2. The molecule has 0 aliphatic rings. The van der Waals surface area contributed by atoms with Crippen LogP contribution in [-0.4, -0.2) is 31.1 Å². The summed E-state index contributed by atoms with van der Waals surface area (Å²) in [5.41, 5.74) is 0. The zero-order chi connectivity index (χ0) is 8.32. The lowest BCUT2D eigenvalue weighted by Gasteiger charge is -2.09. The molecule has 0 aromatic carbocycles. The van der Waals surface area contributed by atoms with E-state index < -0.39 is 8.07 Å². The second-order valence-corrected chi connectivity index (χ2v) is 9.55. The van der Waals surface area contributed by atoms with Crippen molar-refractivity contribution in [2.45, 2.75) is 25.8 Å². The lowest BCUT2D eigenvalue weighted by Crippen LogP contribution is -2.45. The predicted molar refractivity (Wildman–Crippen MR) is 73.9 cm³/mol. The zero-order valence-corrected chi connectivity index (χ0v) is 11.3. The van der Waals surface area contributed by atoms with Crippen LogP contribution >= 0.6 is 24.0 Å². The molecule has 1 heterocycles. The number of halogens is 1. The molecule has 0 saturated heterocycles. The lowest BCUT2D eigenvalue weighted by atomic mass is 10.5. The summed E-state index contributed by atoms with van der Waals surface area (Å²) in [5.74, 6) is 0. The molecule has 0 spiro atoms. The van der Waals surface area contributed by atoms with Gasteiger partial charge in [0.1, 0.15) is 14.2 Å². The molecule has 13 heavy (non-hydrogen) atoms. The number of nitrogens with zero attached hydrogens (tertiary/aromatic N) is 1. The first-order chi connectivity index (χ1) is 5.08. The fraction of sp³-hybridized carbons (Fsp3) is 0.444. The highest BCUT2D eigenvalue weighted by Crippen LogP contribution is 1.98. The van der Waals surface area contributed by atoms with Crippen molar-refractivity contribution < 1.29 is 4.57 Å². The quantitative estimate of drug-likeness (QED) is 0.442. The molecule has 0 amide bonds. The molecule has 0 bridgehead atoms. The van der Waals surface area contributed by atoms with Crippen LogP contribution in [-0.2, 0) is 6.17 Å². The van der Waals surface area contributed by atoms with Gasteiger partial charge in [-0.3, -0.25) is 0 Å². The fourth-order valence-corrected chi connectivity index (χ4v) is 2.39. The maximum Gasteiger partial charge on any atom is 0.316 e. The van der Waals surface area contributed by atoms with Crippen LogP contribution in [0.5, 0.6) is 0 Å². The first-order valence-corrected chi connectivity index (χ1v) is 7.73. The van der Waals surface area contributed by atoms with Crippen LogP contribution in [0.4, 0.5) is 0 Å². The summed E-state index contributed by atoms with van der Waals surface area (Å²) in [5, 5.41) is 0. The Kier molecular flexibility index (Phi) is 9.02. The summed E-state index contributed by atoms with van der Waals surface area (Å²) >= 11 is 0. The molecule has 1 nitrogen and oxygen atoms in total. The van der Waals surface area contributed by atoms with Crippen molar-refractivity contribution in [3.63, 3.8) is 0 Å². The lowest BCUT2D eigenvalue weighted by molar-refractivity contribution is -0.680. The van der Waals surface area contributed by atoms with Gasteiger partial charge in [-0.05, 0) is 0 Å². The summed E-state index contributed by atoms with van der Waals surface area (Å²) in [6.07, 6.45) is 5.49. The monoisotopic (exact) mass is 320 g/mol. The summed E-state index contributed by atoms with van der Waals surface area (Å²) in [6.45, 7) is 7.15. The van der Waals surface area contributed by atoms with Crippen molar-refractivity contribution in [1.82, 2.24) is 0 Å². The Hall–Kier alpha value is 0.863. The average Bonchev–Trinajstić information content (AvgIpc) is 1.85. The van der Waals surface area contributed by atoms with Gasteiger partial charge in [0.05, 0.1) is 0 Å². The third-order valence-electron chi connectivity index (χ3n) is 1.43. The van der Waals surface area contributed by atoms with Gasteiger partial charge in [-0.1, -0.05) is 25.7 Å². The molecule has 0 atom stereocenters. The molecule has 0 fully saturated rings. The summed E-state index contributed by atoms with van der Waals surface area (Å²) in [6, 6.07) is 6.22. The first-order valence-electron chi connectivity index (χ1n) is 4.02. The smallest absolute Gasteiger partial charge is 0.209 e. The van der Waals surface area contributed by atoms with Crippen molar-refractivity contribution in [3.8, 4) is 0 Å². The predicted octanol–water partition coefficient (Wildman–Crippen LogP) is 1.55. The molecule has 1 aromatic heterocycles.